The van der Waals surface area contributed by atoms with Crippen LogP contribution in [0.1, 0.15) is 19.3 Å². The Labute approximate surface area is 83.8 Å². The Morgan fingerprint density at radius 1 is 1.21 bits per heavy atom. The minimum atomic E-state index is -1.31. The fraction of sp³-hybridized carbons (Fsp3) is 0.778. The van der Waals surface area contributed by atoms with Crippen molar-refractivity contribution in [2.45, 2.75) is 24.8 Å². The Bertz CT molecular complexity index is 160. The van der Waals surface area contributed by atoms with Crippen LogP contribution in [0.15, 0.2) is 0 Å². The first-order valence-corrected chi connectivity index (χ1v) is 4.57. The van der Waals surface area contributed by atoms with Crippen LogP contribution in [-0.4, -0.2) is 46.6 Å². The third-order valence-electron chi connectivity index (χ3n) is 1.97. The number of hydrogen-bond donors (Lipinski definition) is 4. The highest BCUT2D eigenvalue weighted by Gasteiger charge is 2.29. The van der Waals surface area contributed by atoms with E-state index in [1.807, 2.05) is 0 Å². The molecule has 0 aromatic carbocycles. The lowest BCUT2D eigenvalue weighted by Gasteiger charge is -2.28. The van der Waals surface area contributed by atoms with Gasteiger partial charge in [0.25, 0.3) is 0 Å². The minimum absolute atomic E-state index is 0.283. The largest absolute Gasteiger partial charge is 0.394 e. The zero-order valence-corrected chi connectivity index (χ0v) is 8.20. The van der Waals surface area contributed by atoms with E-state index in [1.165, 1.54) is 0 Å². The van der Waals surface area contributed by atoms with E-state index in [-0.39, 0.29) is 12.3 Å². The quantitative estimate of drug-likeness (QED) is 0.420. The fourth-order valence-electron chi connectivity index (χ4n) is 0.912. The topological polar surface area (TPSA) is 89.8 Å². The lowest BCUT2D eigenvalue weighted by molar-refractivity contribution is -0.125. The van der Waals surface area contributed by atoms with E-state index in [9.17, 15) is 4.79 Å². The molecule has 83 valence electrons. The molecule has 0 aliphatic rings. The molecule has 0 rings (SSSR count). The molecule has 0 saturated carbocycles. The summed E-state index contributed by atoms with van der Waals surface area (Å²) in [6, 6.07) is 0. The first-order chi connectivity index (χ1) is 6.64. The zero-order chi connectivity index (χ0) is 11.0. The highest BCUT2D eigenvalue weighted by molar-refractivity contribution is 5.76. The molecule has 0 atom stereocenters. The van der Waals surface area contributed by atoms with Crippen molar-refractivity contribution in [3.63, 3.8) is 0 Å². The van der Waals surface area contributed by atoms with E-state index in [4.69, 9.17) is 15.3 Å². The van der Waals surface area contributed by atoms with Crippen LogP contribution in [0.2, 0.25) is 0 Å². The highest BCUT2D eigenvalue weighted by atomic mass is 16.3. The molecule has 14 heavy (non-hydrogen) atoms. The van der Waals surface area contributed by atoms with Crippen LogP contribution < -0.4 is 5.32 Å². The van der Waals surface area contributed by atoms with Gasteiger partial charge in [-0.25, -0.2) is 0 Å². The van der Waals surface area contributed by atoms with Crippen molar-refractivity contribution < 1.29 is 20.1 Å². The van der Waals surface area contributed by atoms with Gasteiger partial charge >= 0.3 is 0 Å². The molecule has 0 spiro atoms. The van der Waals surface area contributed by atoms with Crippen LogP contribution in [0.4, 0.5) is 0 Å². The molecule has 1 amide bonds. The number of unbranched alkanes of at least 4 members (excludes halogenated alkanes) is 1. The molecule has 1 radical (unpaired) electrons. The Morgan fingerprint density at radius 2 is 1.71 bits per heavy atom. The monoisotopic (exact) mass is 204 g/mol. The molecular formula is C9H18NO4. The molecule has 0 fully saturated rings. The van der Waals surface area contributed by atoms with Gasteiger partial charge in [-0.3, -0.25) is 4.79 Å². The summed E-state index contributed by atoms with van der Waals surface area (Å²) in [5, 5.41) is 29.1. The third-order valence-corrected chi connectivity index (χ3v) is 1.97. The molecule has 0 bridgehead atoms. The molecule has 0 aromatic heterocycles. The van der Waals surface area contributed by atoms with Gasteiger partial charge in [0.15, 0.2) is 0 Å². The Balaban J connectivity index is 4.08. The zero-order valence-electron chi connectivity index (χ0n) is 8.20. The second-order valence-electron chi connectivity index (χ2n) is 3.26. The molecule has 0 saturated heterocycles. The first kappa shape index (κ1) is 13.4. The summed E-state index contributed by atoms with van der Waals surface area (Å²) in [4.78, 5) is 11.2. The smallest absolute Gasteiger partial charge is 0.220 e. The Morgan fingerprint density at radius 3 is 2.07 bits per heavy atom. The van der Waals surface area contributed by atoms with Crippen LogP contribution in [0, 0.1) is 6.92 Å². The molecule has 4 N–H and O–H groups in total. The summed E-state index contributed by atoms with van der Waals surface area (Å²) in [5.41, 5.74) is -1.31. The molecule has 0 aliphatic carbocycles. The van der Waals surface area contributed by atoms with E-state index in [2.05, 4.69) is 12.2 Å². The van der Waals surface area contributed by atoms with Gasteiger partial charge in [-0.1, -0.05) is 13.3 Å². The first-order valence-electron chi connectivity index (χ1n) is 4.57. The minimum Gasteiger partial charge on any atom is -0.394 e. The van der Waals surface area contributed by atoms with E-state index < -0.39 is 25.4 Å². The lowest BCUT2D eigenvalue weighted by atomic mass is 10.0. The van der Waals surface area contributed by atoms with Gasteiger partial charge < -0.3 is 20.6 Å². The van der Waals surface area contributed by atoms with Crippen molar-refractivity contribution in [2.75, 3.05) is 19.8 Å². The Kier molecular flexibility index (Phi) is 6.44. The lowest BCUT2D eigenvalue weighted by Crippen LogP contribution is -2.57. The van der Waals surface area contributed by atoms with Crippen LogP contribution in [0.25, 0.3) is 0 Å². The van der Waals surface area contributed by atoms with Crippen molar-refractivity contribution >= 4 is 5.91 Å². The maximum atomic E-state index is 11.2. The second kappa shape index (κ2) is 6.75. The van der Waals surface area contributed by atoms with Crippen molar-refractivity contribution in [2.24, 2.45) is 0 Å². The number of aliphatic hydroxyl groups is 3. The van der Waals surface area contributed by atoms with E-state index in [0.717, 1.165) is 0 Å². The number of hydrogen-bond acceptors (Lipinski definition) is 4. The number of nitrogens with one attached hydrogen (secondary N) is 1. The van der Waals surface area contributed by atoms with Crippen LogP contribution in [0.3, 0.4) is 0 Å². The van der Waals surface area contributed by atoms with Gasteiger partial charge in [0, 0.05) is 6.42 Å². The van der Waals surface area contributed by atoms with Crippen molar-refractivity contribution in [1.29, 1.82) is 0 Å². The van der Waals surface area contributed by atoms with Gasteiger partial charge in [-0.05, 0) is 6.42 Å². The molecule has 5 nitrogen and oxygen atoms in total. The van der Waals surface area contributed by atoms with Gasteiger partial charge in [0.2, 0.25) is 5.91 Å². The molecular weight excluding hydrogens is 186 g/mol. The highest BCUT2D eigenvalue weighted by Crippen LogP contribution is 2.03. The van der Waals surface area contributed by atoms with Gasteiger partial charge in [0.1, 0.15) is 5.54 Å². The maximum absolute atomic E-state index is 11.2. The third kappa shape index (κ3) is 4.04. The summed E-state index contributed by atoms with van der Waals surface area (Å²) in [6.07, 6.45) is 1.58. The summed E-state index contributed by atoms with van der Waals surface area (Å²) in [5.74, 6) is -0.300. The number of carbonyl (C=O) groups excluding carboxylic acids is 1. The van der Waals surface area contributed by atoms with Gasteiger partial charge in [0.05, 0.1) is 19.8 Å². The molecule has 5 heteroatoms. The van der Waals surface area contributed by atoms with Crippen molar-refractivity contribution in [1.82, 2.24) is 5.32 Å². The van der Waals surface area contributed by atoms with Gasteiger partial charge in [-0.15, -0.1) is 0 Å². The standard InChI is InChI=1S/C9H18NO4/c1-2-3-4-8(14)10-9(5-11,6-12)7-13/h11-13H,1-7H2,(H,10,14). The predicted molar refractivity (Wildman–Crippen MR) is 51.3 cm³/mol. The van der Waals surface area contributed by atoms with Crippen LogP contribution in [-0.2, 0) is 4.79 Å². The van der Waals surface area contributed by atoms with Crippen molar-refractivity contribution in [3.8, 4) is 0 Å². The number of aliphatic hydroxyl groups excluding tert-OH is 3. The second-order valence-corrected chi connectivity index (χ2v) is 3.26. The molecule has 0 aliphatic heterocycles. The summed E-state index contributed by atoms with van der Waals surface area (Å²) in [6.45, 7) is 2.12. The van der Waals surface area contributed by atoms with Crippen LogP contribution in [0.5, 0.6) is 0 Å². The molecule has 0 heterocycles. The average Bonchev–Trinajstić information content (AvgIpc) is 2.23. The summed E-state index contributed by atoms with van der Waals surface area (Å²) >= 11 is 0. The normalized spacial score (nSPS) is 11.4. The predicted octanol–water partition coefficient (Wildman–Crippen LogP) is -1.18. The number of carbonyl (C=O) groups is 1. The van der Waals surface area contributed by atoms with Crippen molar-refractivity contribution in [3.05, 3.63) is 6.92 Å². The van der Waals surface area contributed by atoms with Gasteiger partial charge in [-0.2, -0.15) is 0 Å². The SMILES string of the molecule is [CH2]CCCC(=O)NC(CO)(CO)CO. The van der Waals surface area contributed by atoms with Crippen LogP contribution >= 0.6 is 0 Å². The van der Waals surface area contributed by atoms with E-state index in [0.29, 0.717) is 12.8 Å². The van der Waals surface area contributed by atoms with E-state index >= 15 is 0 Å². The average molecular weight is 204 g/mol. The fourth-order valence-corrected chi connectivity index (χ4v) is 0.912. The molecule has 0 aromatic rings. The Hall–Kier alpha value is -0.650. The number of rotatable bonds is 7. The molecule has 0 unspecified atom stereocenters. The maximum Gasteiger partial charge on any atom is 0.220 e. The number of amides is 1. The summed E-state index contributed by atoms with van der Waals surface area (Å²) < 4.78 is 0. The summed E-state index contributed by atoms with van der Waals surface area (Å²) in [7, 11) is 0. The van der Waals surface area contributed by atoms with E-state index in [1.54, 1.807) is 0 Å².